The average Bonchev–Trinajstić information content (AvgIpc) is 3.43. The maximum Gasteiger partial charge on any atom is 0.335 e. The summed E-state index contributed by atoms with van der Waals surface area (Å²) in [6.45, 7) is 5.80. The van der Waals surface area contributed by atoms with Crippen molar-refractivity contribution in [3.05, 3.63) is 97.2 Å². The van der Waals surface area contributed by atoms with Crippen molar-refractivity contribution in [2.75, 3.05) is 13.2 Å². The van der Waals surface area contributed by atoms with Crippen LogP contribution in [0.25, 0.3) is 0 Å². The van der Waals surface area contributed by atoms with Crippen LogP contribution >= 0.6 is 0 Å². The number of esters is 3. The summed E-state index contributed by atoms with van der Waals surface area (Å²) in [7, 11) is 0. The lowest BCUT2D eigenvalue weighted by atomic mass is 9.98. The largest absolute Gasteiger partial charge is 0.479 e. The monoisotopic (exact) mass is 1080 g/mol. The molecule has 0 aromatic heterocycles. The van der Waals surface area contributed by atoms with E-state index >= 15 is 0 Å². The molecular formula is C65H106O12. The number of carbonyl (C=O) groups excluding carboxylic acids is 3. The molecule has 1 aliphatic rings. The lowest BCUT2D eigenvalue weighted by Gasteiger charge is -2.40. The number of unbranched alkanes of at least 4 members (excludes halogenated alkanes) is 20. The molecule has 3 N–H and O–H groups in total. The second-order valence-corrected chi connectivity index (χ2v) is 20.2. The van der Waals surface area contributed by atoms with E-state index in [1.165, 1.54) is 57.8 Å². The Bertz CT molecular complexity index is 1710. The fraction of sp³-hybridized carbons (Fsp3) is 0.692. The first-order chi connectivity index (χ1) is 37.6. The first kappa shape index (κ1) is 70.7. The molecule has 0 aromatic rings. The Morgan fingerprint density at radius 3 is 1.32 bits per heavy atom. The van der Waals surface area contributed by atoms with Crippen LogP contribution in [-0.4, -0.2) is 89.2 Å². The Morgan fingerprint density at radius 2 is 0.831 bits per heavy atom. The molecule has 12 heteroatoms. The quantitative estimate of drug-likeness (QED) is 0.0228. The van der Waals surface area contributed by atoms with Crippen LogP contribution in [0.3, 0.4) is 0 Å². The summed E-state index contributed by atoms with van der Waals surface area (Å²) in [5.41, 5.74) is 0. The van der Waals surface area contributed by atoms with Gasteiger partial charge in [-0.25, -0.2) is 4.79 Å². The minimum atomic E-state index is -1.93. The number of aliphatic hydroxyl groups excluding tert-OH is 2. The van der Waals surface area contributed by atoms with E-state index in [9.17, 15) is 34.5 Å². The summed E-state index contributed by atoms with van der Waals surface area (Å²) in [6.07, 6.45) is 56.6. The summed E-state index contributed by atoms with van der Waals surface area (Å²) in [5.74, 6) is -3.23. The van der Waals surface area contributed by atoms with Gasteiger partial charge in [0.1, 0.15) is 18.8 Å². The zero-order valence-electron chi connectivity index (χ0n) is 48.2. The number of carbonyl (C=O) groups is 4. The van der Waals surface area contributed by atoms with Crippen LogP contribution in [0.5, 0.6) is 0 Å². The smallest absolute Gasteiger partial charge is 0.335 e. The van der Waals surface area contributed by atoms with Crippen molar-refractivity contribution in [2.45, 2.75) is 276 Å². The van der Waals surface area contributed by atoms with E-state index in [2.05, 4.69) is 106 Å². The SMILES string of the molecule is CC/C=C\C/C=C\C/C=C\C/C=C\C/C=C\CCCC(=O)OC1C(OCC(COC(=O)CCCCCCC/C=C\C/C=C\CCCCC)OC(=O)CCCCCCC/C=C\CCCCCCCC)OC(C(=O)O)C(O)C1O. The van der Waals surface area contributed by atoms with Crippen LogP contribution in [0, 0.1) is 0 Å². The molecule has 0 saturated carbocycles. The maximum absolute atomic E-state index is 13.2. The molecule has 77 heavy (non-hydrogen) atoms. The average molecular weight is 1080 g/mol. The minimum absolute atomic E-state index is 0.0238. The number of hydrogen-bond acceptors (Lipinski definition) is 11. The van der Waals surface area contributed by atoms with Gasteiger partial charge in [0, 0.05) is 19.3 Å². The fourth-order valence-corrected chi connectivity index (χ4v) is 8.49. The highest BCUT2D eigenvalue weighted by atomic mass is 16.7. The van der Waals surface area contributed by atoms with Gasteiger partial charge in [-0.3, -0.25) is 14.4 Å². The Morgan fingerprint density at radius 1 is 0.442 bits per heavy atom. The van der Waals surface area contributed by atoms with Gasteiger partial charge in [-0.1, -0.05) is 201 Å². The standard InChI is InChI=1S/C65H106O12/c1-4-7-10-13-16-19-22-25-28-29-32-35-38-41-44-47-50-53-59(68)76-63-61(70)60(69)62(64(71)72)77-65(63)74-55-56(75-58(67)52-49-46-43-40-37-34-31-27-24-21-18-15-12-9-6-3)54-73-57(66)51-48-45-42-39-36-33-30-26-23-20-17-14-11-8-5-2/h7,10,16-17,19-20,25-28,30-32,35,41,44,56,60-63,65,69-70H,4-6,8-9,11-15,18,21-24,29,33-34,36-40,42-43,45-55H2,1-3H3,(H,71,72)/b10-7-,19-16-,20-17-,28-25-,30-26-,31-27-,35-32-,44-41-. The summed E-state index contributed by atoms with van der Waals surface area (Å²) in [5, 5.41) is 31.5. The van der Waals surface area contributed by atoms with Gasteiger partial charge in [-0.15, -0.1) is 0 Å². The van der Waals surface area contributed by atoms with Crippen LogP contribution in [0.4, 0.5) is 0 Å². The number of aliphatic carboxylic acids is 1. The first-order valence-corrected chi connectivity index (χ1v) is 30.2. The predicted octanol–water partition coefficient (Wildman–Crippen LogP) is 15.7. The Balaban J connectivity index is 2.74. The molecule has 0 aromatic carbocycles. The van der Waals surface area contributed by atoms with E-state index in [4.69, 9.17) is 23.7 Å². The van der Waals surface area contributed by atoms with E-state index in [1.807, 2.05) is 12.2 Å². The van der Waals surface area contributed by atoms with Gasteiger partial charge in [0.15, 0.2) is 24.6 Å². The molecule has 6 unspecified atom stereocenters. The van der Waals surface area contributed by atoms with Crippen LogP contribution in [0.15, 0.2) is 97.2 Å². The third-order valence-corrected chi connectivity index (χ3v) is 13.1. The third kappa shape index (κ3) is 42.3. The second kappa shape index (κ2) is 52.3. The van der Waals surface area contributed by atoms with Gasteiger partial charge in [-0.2, -0.15) is 0 Å². The maximum atomic E-state index is 13.2. The number of allylic oxidation sites excluding steroid dienone is 16. The van der Waals surface area contributed by atoms with E-state index in [0.29, 0.717) is 25.7 Å². The van der Waals surface area contributed by atoms with E-state index < -0.39 is 67.3 Å². The van der Waals surface area contributed by atoms with E-state index in [0.717, 1.165) is 116 Å². The van der Waals surface area contributed by atoms with Gasteiger partial charge in [0.05, 0.1) is 6.61 Å². The fourth-order valence-electron chi connectivity index (χ4n) is 8.49. The summed E-state index contributed by atoms with van der Waals surface area (Å²) in [4.78, 5) is 51.1. The van der Waals surface area contributed by atoms with Crippen LogP contribution in [-0.2, 0) is 42.9 Å². The first-order valence-electron chi connectivity index (χ1n) is 30.2. The molecule has 1 aliphatic heterocycles. The molecule has 0 aliphatic carbocycles. The minimum Gasteiger partial charge on any atom is -0.479 e. The molecule has 12 nitrogen and oxygen atoms in total. The zero-order chi connectivity index (χ0) is 56.1. The molecule has 0 bridgehead atoms. The Kier molecular flexibility index (Phi) is 48.0. The van der Waals surface area contributed by atoms with Crippen molar-refractivity contribution >= 4 is 23.9 Å². The van der Waals surface area contributed by atoms with Crippen molar-refractivity contribution in [1.29, 1.82) is 0 Å². The number of aliphatic hydroxyl groups is 2. The lowest BCUT2D eigenvalue weighted by molar-refractivity contribution is -0.301. The molecule has 1 saturated heterocycles. The molecular weight excluding hydrogens is 973 g/mol. The van der Waals surface area contributed by atoms with Crippen LogP contribution < -0.4 is 0 Å². The number of hydrogen-bond donors (Lipinski definition) is 3. The summed E-state index contributed by atoms with van der Waals surface area (Å²) in [6, 6.07) is 0. The highest BCUT2D eigenvalue weighted by Crippen LogP contribution is 2.26. The van der Waals surface area contributed by atoms with Crippen molar-refractivity contribution < 1.29 is 58.2 Å². The van der Waals surface area contributed by atoms with Gasteiger partial charge in [-0.05, 0) is 116 Å². The van der Waals surface area contributed by atoms with Gasteiger partial charge in [0.25, 0.3) is 0 Å². The topological polar surface area (TPSA) is 175 Å². The zero-order valence-corrected chi connectivity index (χ0v) is 48.2. The number of ether oxygens (including phenoxy) is 5. The van der Waals surface area contributed by atoms with Crippen molar-refractivity contribution in [3.63, 3.8) is 0 Å². The summed E-state index contributed by atoms with van der Waals surface area (Å²) >= 11 is 0. The van der Waals surface area contributed by atoms with E-state index in [1.54, 1.807) is 0 Å². The lowest BCUT2D eigenvalue weighted by Crippen LogP contribution is -2.61. The normalized spacial score (nSPS) is 18.7. The van der Waals surface area contributed by atoms with Crippen molar-refractivity contribution in [3.8, 4) is 0 Å². The molecule has 0 radical (unpaired) electrons. The highest BCUT2D eigenvalue weighted by molar-refractivity contribution is 5.74. The van der Waals surface area contributed by atoms with Gasteiger partial charge >= 0.3 is 23.9 Å². The summed E-state index contributed by atoms with van der Waals surface area (Å²) < 4.78 is 28.4. The molecule has 1 rings (SSSR count). The number of carboxylic acid groups (broad SMARTS) is 1. The third-order valence-electron chi connectivity index (χ3n) is 13.1. The van der Waals surface area contributed by atoms with Crippen molar-refractivity contribution in [2.24, 2.45) is 0 Å². The molecule has 6 atom stereocenters. The highest BCUT2D eigenvalue weighted by Gasteiger charge is 2.50. The number of rotatable bonds is 50. The molecule has 0 spiro atoms. The van der Waals surface area contributed by atoms with Gasteiger partial charge < -0.3 is 39.0 Å². The second-order valence-electron chi connectivity index (χ2n) is 20.2. The van der Waals surface area contributed by atoms with E-state index in [-0.39, 0.29) is 25.9 Å². The van der Waals surface area contributed by atoms with Crippen LogP contribution in [0.2, 0.25) is 0 Å². The molecule has 1 heterocycles. The predicted molar refractivity (Wildman–Crippen MR) is 312 cm³/mol. The van der Waals surface area contributed by atoms with Gasteiger partial charge in [0.2, 0.25) is 0 Å². The molecule has 1 fully saturated rings. The Hall–Kier alpha value is -4.36. The molecule has 0 amide bonds. The number of carboxylic acids is 1. The van der Waals surface area contributed by atoms with Crippen molar-refractivity contribution in [1.82, 2.24) is 0 Å². The van der Waals surface area contributed by atoms with Crippen LogP contribution in [0.1, 0.15) is 239 Å². The molecule has 438 valence electrons. The Labute approximate surface area is 466 Å².